The first-order valence-corrected chi connectivity index (χ1v) is 7.17. The smallest absolute Gasteiger partial charge is 0.255 e. The quantitative estimate of drug-likeness (QED) is 0.843. The van der Waals surface area contributed by atoms with E-state index in [0.29, 0.717) is 5.69 Å². The summed E-state index contributed by atoms with van der Waals surface area (Å²) in [5, 5.41) is 9.16. The Balaban J connectivity index is 1.76. The van der Waals surface area contributed by atoms with Gasteiger partial charge in [-0.05, 0) is 30.0 Å². The highest BCUT2D eigenvalue weighted by Gasteiger charge is 2.15. The maximum atomic E-state index is 13.3. The lowest BCUT2D eigenvalue weighted by Gasteiger charge is -2.09. The zero-order chi connectivity index (χ0) is 13.9. The number of aromatic hydroxyl groups is 1. The molecule has 1 aromatic heterocycles. The SMILES string of the molecule is Oc1ccc(-c2ccc(CC3CCCC3)cc2)nc1F. The molecule has 1 heterocycles. The van der Waals surface area contributed by atoms with Gasteiger partial charge in [0.2, 0.25) is 0 Å². The summed E-state index contributed by atoms with van der Waals surface area (Å²) >= 11 is 0. The molecular formula is C17H18FNO. The molecule has 1 aliphatic carbocycles. The van der Waals surface area contributed by atoms with Crippen molar-refractivity contribution < 1.29 is 9.50 Å². The molecule has 104 valence electrons. The molecule has 0 amide bonds. The van der Waals surface area contributed by atoms with Crippen molar-refractivity contribution in [2.24, 2.45) is 5.92 Å². The second-order valence-corrected chi connectivity index (χ2v) is 5.56. The predicted molar refractivity (Wildman–Crippen MR) is 77.0 cm³/mol. The minimum absolute atomic E-state index is 0.411. The van der Waals surface area contributed by atoms with Gasteiger partial charge in [0.05, 0.1) is 5.69 Å². The number of nitrogens with zero attached hydrogens (tertiary/aromatic N) is 1. The second-order valence-electron chi connectivity index (χ2n) is 5.56. The van der Waals surface area contributed by atoms with Crippen molar-refractivity contribution >= 4 is 0 Å². The predicted octanol–water partition coefficient (Wildman–Crippen LogP) is 4.33. The second kappa shape index (κ2) is 5.61. The molecule has 1 N–H and O–H groups in total. The third kappa shape index (κ3) is 2.82. The molecule has 20 heavy (non-hydrogen) atoms. The first-order chi connectivity index (χ1) is 9.72. The molecule has 0 unspecified atom stereocenters. The summed E-state index contributed by atoms with van der Waals surface area (Å²) in [6.07, 6.45) is 6.54. The van der Waals surface area contributed by atoms with Gasteiger partial charge in [0.15, 0.2) is 5.75 Å². The van der Waals surface area contributed by atoms with E-state index in [0.717, 1.165) is 17.9 Å². The van der Waals surface area contributed by atoms with Crippen LogP contribution in [-0.2, 0) is 6.42 Å². The number of pyridine rings is 1. The van der Waals surface area contributed by atoms with Crippen LogP contribution in [-0.4, -0.2) is 10.1 Å². The highest BCUT2D eigenvalue weighted by Crippen LogP contribution is 2.29. The average molecular weight is 271 g/mol. The lowest BCUT2D eigenvalue weighted by Crippen LogP contribution is -1.98. The van der Waals surface area contributed by atoms with Crippen LogP contribution in [0.5, 0.6) is 5.75 Å². The highest BCUT2D eigenvalue weighted by molar-refractivity contribution is 5.59. The zero-order valence-corrected chi connectivity index (χ0v) is 11.3. The van der Waals surface area contributed by atoms with Gasteiger partial charge >= 0.3 is 0 Å². The molecule has 1 aromatic carbocycles. The van der Waals surface area contributed by atoms with Crippen LogP contribution < -0.4 is 0 Å². The monoisotopic (exact) mass is 271 g/mol. The normalized spacial score (nSPS) is 15.7. The largest absolute Gasteiger partial charge is 0.504 e. The zero-order valence-electron chi connectivity index (χ0n) is 11.3. The molecule has 2 aromatic rings. The van der Waals surface area contributed by atoms with Crippen LogP contribution in [0.3, 0.4) is 0 Å². The summed E-state index contributed by atoms with van der Waals surface area (Å²) < 4.78 is 13.3. The Morgan fingerprint density at radius 1 is 1.05 bits per heavy atom. The number of halogens is 1. The molecule has 0 aliphatic heterocycles. The first-order valence-electron chi connectivity index (χ1n) is 7.17. The standard InChI is InChI=1S/C17H18FNO/c18-17-16(20)10-9-15(19-17)14-7-5-13(6-8-14)11-12-3-1-2-4-12/h5-10,12,20H,1-4,11H2. The molecular weight excluding hydrogens is 253 g/mol. The third-order valence-electron chi connectivity index (χ3n) is 4.08. The number of hydrogen-bond donors (Lipinski definition) is 1. The summed E-state index contributed by atoms with van der Waals surface area (Å²) in [5.74, 6) is -0.408. The Kier molecular flexibility index (Phi) is 3.68. The van der Waals surface area contributed by atoms with E-state index in [9.17, 15) is 4.39 Å². The molecule has 1 fully saturated rings. The summed E-state index contributed by atoms with van der Waals surface area (Å²) in [6, 6.07) is 11.1. The van der Waals surface area contributed by atoms with Crippen molar-refractivity contribution in [1.82, 2.24) is 4.98 Å². The van der Waals surface area contributed by atoms with Gasteiger partial charge in [-0.2, -0.15) is 4.39 Å². The molecule has 0 radical (unpaired) electrons. The van der Waals surface area contributed by atoms with E-state index < -0.39 is 11.7 Å². The molecule has 0 saturated heterocycles. The van der Waals surface area contributed by atoms with Gasteiger partial charge in [0.1, 0.15) is 0 Å². The molecule has 3 rings (SSSR count). The van der Waals surface area contributed by atoms with Gasteiger partial charge in [0, 0.05) is 5.56 Å². The van der Waals surface area contributed by atoms with E-state index in [1.54, 1.807) is 6.07 Å². The van der Waals surface area contributed by atoms with Gasteiger partial charge < -0.3 is 5.11 Å². The summed E-state index contributed by atoms with van der Waals surface area (Å²) in [5.41, 5.74) is 2.76. The minimum Gasteiger partial charge on any atom is -0.504 e. The molecule has 1 aliphatic rings. The Morgan fingerprint density at radius 3 is 2.40 bits per heavy atom. The van der Waals surface area contributed by atoms with Crippen molar-refractivity contribution in [3.05, 3.63) is 47.9 Å². The molecule has 0 bridgehead atoms. The van der Waals surface area contributed by atoms with Crippen molar-refractivity contribution in [1.29, 1.82) is 0 Å². The van der Waals surface area contributed by atoms with E-state index in [1.165, 1.54) is 37.3 Å². The van der Waals surface area contributed by atoms with E-state index in [-0.39, 0.29) is 0 Å². The Morgan fingerprint density at radius 2 is 1.75 bits per heavy atom. The van der Waals surface area contributed by atoms with Crippen LogP contribution in [0.15, 0.2) is 36.4 Å². The fourth-order valence-electron chi connectivity index (χ4n) is 2.95. The number of benzene rings is 1. The van der Waals surface area contributed by atoms with E-state index in [4.69, 9.17) is 5.11 Å². The van der Waals surface area contributed by atoms with Crippen molar-refractivity contribution in [3.8, 4) is 17.0 Å². The maximum absolute atomic E-state index is 13.3. The molecule has 0 spiro atoms. The topological polar surface area (TPSA) is 33.1 Å². The Bertz CT molecular complexity index is 588. The van der Waals surface area contributed by atoms with E-state index in [1.807, 2.05) is 12.1 Å². The van der Waals surface area contributed by atoms with Gasteiger partial charge in [-0.25, -0.2) is 4.98 Å². The van der Waals surface area contributed by atoms with E-state index in [2.05, 4.69) is 17.1 Å². The summed E-state index contributed by atoms with van der Waals surface area (Å²) in [6.45, 7) is 0. The van der Waals surface area contributed by atoms with Crippen LogP contribution in [0.4, 0.5) is 4.39 Å². The van der Waals surface area contributed by atoms with Crippen LogP contribution in [0.1, 0.15) is 31.2 Å². The van der Waals surface area contributed by atoms with Gasteiger partial charge in [0.25, 0.3) is 5.95 Å². The summed E-state index contributed by atoms with van der Waals surface area (Å²) in [7, 11) is 0. The number of aromatic nitrogens is 1. The molecule has 1 saturated carbocycles. The van der Waals surface area contributed by atoms with Gasteiger partial charge in [-0.1, -0.05) is 49.9 Å². The maximum Gasteiger partial charge on any atom is 0.255 e. The number of rotatable bonds is 3. The fraction of sp³-hybridized carbons (Fsp3) is 0.353. The van der Waals surface area contributed by atoms with Gasteiger partial charge in [-0.15, -0.1) is 0 Å². The highest BCUT2D eigenvalue weighted by atomic mass is 19.1. The van der Waals surface area contributed by atoms with Crippen LogP contribution >= 0.6 is 0 Å². The molecule has 2 nitrogen and oxygen atoms in total. The average Bonchev–Trinajstić information content (AvgIpc) is 2.96. The molecule has 0 atom stereocenters. The third-order valence-corrected chi connectivity index (χ3v) is 4.08. The number of hydrogen-bond acceptors (Lipinski definition) is 2. The van der Waals surface area contributed by atoms with Crippen molar-refractivity contribution in [3.63, 3.8) is 0 Å². The lowest BCUT2D eigenvalue weighted by atomic mass is 9.97. The fourth-order valence-corrected chi connectivity index (χ4v) is 2.95. The van der Waals surface area contributed by atoms with Crippen molar-refractivity contribution in [2.45, 2.75) is 32.1 Å². The van der Waals surface area contributed by atoms with Crippen LogP contribution in [0, 0.1) is 11.9 Å². The Hall–Kier alpha value is -1.90. The van der Waals surface area contributed by atoms with Crippen LogP contribution in [0.25, 0.3) is 11.3 Å². The Labute approximate surface area is 118 Å². The van der Waals surface area contributed by atoms with Crippen molar-refractivity contribution in [2.75, 3.05) is 0 Å². The molecule has 3 heteroatoms. The minimum atomic E-state index is -0.822. The van der Waals surface area contributed by atoms with Crippen LogP contribution in [0.2, 0.25) is 0 Å². The first kappa shape index (κ1) is 13.1. The summed E-state index contributed by atoms with van der Waals surface area (Å²) in [4.78, 5) is 3.76. The van der Waals surface area contributed by atoms with Gasteiger partial charge in [-0.3, -0.25) is 0 Å². The van der Waals surface area contributed by atoms with E-state index >= 15 is 0 Å². The lowest BCUT2D eigenvalue weighted by molar-refractivity contribution is 0.419.